The van der Waals surface area contributed by atoms with Gasteiger partial charge in [0.05, 0.1) is 19.8 Å². The molecule has 1 N–H and O–H groups in total. The number of ether oxygens (including phenoxy) is 2. The van der Waals surface area contributed by atoms with Crippen LogP contribution >= 0.6 is 0 Å². The molecule has 6 heteroatoms. The molecule has 38 heavy (non-hydrogen) atoms. The van der Waals surface area contributed by atoms with Crippen molar-refractivity contribution in [1.82, 2.24) is 0 Å². The lowest BCUT2D eigenvalue weighted by molar-refractivity contribution is -0.209. The van der Waals surface area contributed by atoms with E-state index in [-0.39, 0.29) is 35.4 Å². The highest BCUT2D eigenvalue weighted by atomic mass is 19.3. The summed E-state index contributed by atoms with van der Waals surface area (Å²) < 4.78 is 41.8. The number of benzene rings is 1. The number of carbonyl (C=O) groups excluding carboxylic acids is 1. The van der Waals surface area contributed by atoms with Gasteiger partial charge in [-0.05, 0) is 91.2 Å². The first-order chi connectivity index (χ1) is 18.0. The van der Waals surface area contributed by atoms with Crippen molar-refractivity contribution in [3.05, 3.63) is 52.6 Å². The monoisotopic (exact) mass is 522 g/mol. The molecule has 6 rings (SSSR count). The molecule has 0 radical (unpaired) electrons. The number of carbonyl (C=O) groups is 1. The fourth-order valence-corrected chi connectivity index (χ4v) is 8.19. The molecule has 0 aromatic heterocycles. The second-order valence-electron chi connectivity index (χ2n) is 12.8. The topological polar surface area (TPSA) is 55.8 Å². The normalized spacial score (nSPS) is 35.8. The summed E-state index contributed by atoms with van der Waals surface area (Å²) in [7, 11) is 0. The Labute approximate surface area is 223 Å². The Morgan fingerprint density at radius 3 is 2.55 bits per heavy atom. The third kappa shape index (κ3) is 3.72. The SMILES string of the molecule is C#CC(F)(F)[C@]1(O)CC[C@H]2[C@@H]3CCC4=CC(=O)CCC4=C3[C@@H](c3ccc(OCC4(C)COC4)cc3)C[C@@]21C. The Hall–Kier alpha value is -2.49. The standard InChI is InChI=1S/C32H36F2O4/c1-4-32(33,34)31(36)14-13-27-25-11-7-21-15-22(35)8-12-24(21)28(25)26(16-30(27,31)3)20-5-9-23(10-6-20)38-19-29(2)17-37-18-29/h1,5-6,9-10,15,25-27,36H,7-8,11-14,16-19H2,2-3H3/t25-,26+,27-,30-,31-/m0/s1. The number of ketones is 1. The highest BCUT2D eigenvalue weighted by molar-refractivity contribution is 5.93. The van der Waals surface area contributed by atoms with E-state index in [0.717, 1.165) is 29.7 Å². The molecule has 3 fully saturated rings. The second-order valence-corrected chi connectivity index (χ2v) is 12.8. The summed E-state index contributed by atoms with van der Waals surface area (Å²) in [5.74, 6) is -1.19. The van der Waals surface area contributed by atoms with Crippen molar-refractivity contribution < 1.29 is 28.2 Å². The van der Waals surface area contributed by atoms with Crippen LogP contribution in [0.15, 0.2) is 47.1 Å². The molecular weight excluding hydrogens is 486 g/mol. The Balaban J connectivity index is 1.40. The van der Waals surface area contributed by atoms with Crippen LogP contribution in [0.25, 0.3) is 0 Å². The molecule has 4 aliphatic carbocycles. The molecule has 1 saturated heterocycles. The lowest BCUT2D eigenvalue weighted by atomic mass is 9.50. The van der Waals surface area contributed by atoms with E-state index in [1.165, 1.54) is 11.1 Å². The van der Waals surface area contributed by atoms with Gasteiger partial charge in [0.25, 0.3) is 0 Å². The Morgan fingerprint density at radius 1 is 1.16 bits per heavy atom. The largest absolute Gasteiger partial charge is 0.493 e. The number of halogens is 2. The molecule has 5 aliphatic rings. The van der Waals surface area contributed by atoms with Crippen LogP contribution in [0.4, 0.5) is 8.78 Å². The first-order valence-corrected chi connectivity index (χ1v) is 13.9. The zero-order valence-electron chi connectivity index (χ0n) is 22.2. The molecule has 0 amide bonds. The number of allylic oxidation sites excluding steroid dienone is 4. The van der Waals surface area contributed by atoms with Crippen LogP contribution in [0.5, 0.6) is 5.75 Å². The van der Waals surface area contributed by atoms with Crippen molar-refractivity contribution in [2.24, 2.45) is 22.7 Å². The first-order valence-electron chi connectivity index (χ1n) is 13.9. The van der Waals surface area contributed by atoms with Crippen molar-refractivity contribution in [2.45, 2.75) is 76.2 Å². The Morgan fingerprint density at radius 2 is 1.89 bits per heavy atom. The maximum Gasteiger partial charge on any atom is 0.336 e. The van der Waals surface area contributed by atoms with Gasteiger partial charge in [0.2, 0.25) is 0 Å². The summed E-state index contributed by atoms with van der Waals surface area (Å²) in [6, 6.07) is 7.97. The van der Waals surface area contributed by atoms with Crippen molar-refractivity contribution in [2.75, 3.05) is 19.8 Å². The minimum atomic E-state index is -3.61. The van der Waals surface area contributed by atoms with Crippen molar-refractivity contribution in [3.8, 4) is 18.1 Å². The Kier molecular flexibility index (Phi) is 5.94. The number of rotatable bonds is 5. The van der Waals surface area contributed by atoms with Crippen molar-refractivity contribution in [3.63, 3.8) is 0 Å². The van der Waals surface area contributed by atoms with Crippen LogP contribution in [0.1, 0.15) is 70.3 Å². The molecule has 0 spiro atoms. The molecule has 0 bridgehead atoms. The molecule has 4 nitrogen and oxygen atoms in total. The van der Waals surface area contributed by atoms with Gasteiger partial charge in [-0.2, -0.15) is 8.78 Å². The summed E-state index contributed by atoms with van der Waals surface area (Å²) in [5, 5.41) is 11.6. The van der Waals surface area contributed by atoms with Gasteiger partial charge in [0.1, 0.15) is 11.4 Å². The van der Waals surface area contributed by atoms with Crippen molar-refractivity contribution in [1.29, 1.82) is 0 Å². The lowest BCUT2D eigenvalue weighted by Gasteiger charge is -2.55. The minimum absolute atomic E-state index is 0.00631. The van der Waals surface area contributed by atoms with E-state index < -0.39 is 16.9 Å². The van der Waals surface area contributed by atoms with Crippen LogP contribution in [-0.4, -0.2) is 42.2 Å². The van der Waals surface area contributed by atoms with Gasteiger partial charge >= 0.3 is 5.92 Å². The minimum Gasteiger partial charge on any atom is -0.493 e. The summed E-state index contributed by atoms with van der Waals surface area (Å²) in [6.45, 7) is 5.92. The third-order valence-corrected chi connectivity index (χ3v) is 10.4. The molecule has 2 saturated carbocycles. The summed E-state index contributed by atoms with van der Waals surface area (Å²) in [4.78, 5) is 12.2. The summed E-state index contributed by atoms with van der Waals surface area (Å²) in [5.41, 5.74) is 1.41. The smallest absolute Gasteiger partial charge is 0.336 e. The molecule has 1 aliphatic heterocycles. The number of hydrogen-bond acceptors (Lipinski definition) is 4. The van der Waals surface area contributed by atoms with Gasteiger partial charge in [-0.3, -0.25) is 4.79 Å². The highest BCUT2D eigenvalue weighted by Gasteiger charge is 2.71. The maximum absolute atomic E-state index is 15.2. The van der Waals surface area contributed by atoms with E-state index in [1.54, 1.807) is 12.0 Å². The second kappa shape index (κ2) is 8.76. The van der Waals surface area contributed by atoms with Crippen LogP contribution in [0.3, 0.4) is 0 Å². The van der Waals surface area contributed by atoms with E-state index in [4.69, 9.17) is 15.9 Å². The zero-order valence-corrected chi connectivity index (χ0v) is 22.2. The molecule has 1 heterocycles. The average molecular weight is 523 g/mol. The molecule has 5 atom stereocenters. The van der Waals surface area contributed by atoms with Crippen molar-refractivity contribution >= 4 is 5.78 Å². The number of alkyl halides is 2. The zero-order chi connectivity index (χ0) is 26.9. The molecule has 0 unspecified atom stereocenters. The van der Waals surface area contributed by atoms with Gasteiger partial charge in [-0.1, -0.05) is 31.6 Å². The predicted octanol–water partition coefficient (Wildman–Crippen LogP) is 6.00. The van der Waals surface area contributed by atoms with Crippen LogP contribution in [0, 0.1) is 35.0 Å². The van der Waals surface area contributed by atoms with Crippen LogP contribution < -0.4 is 4.74 Å². The van der Waals surface area contributed by atoms with Gasteiger partial charge in [-0.15, -0.1) is 6.42 Å². The Bertz CT molecular complexity index is 1250. The molecule has 1 aromatic carbocycles. The van der Waals surface area contributed by atoms with Gasteiger partial charge in [0, 0.05) is 23.2 Å². The van der Waals surface area contributed by atoms with E-state index in [1.807, 2.05) is 31.2 Å². The van der Waals surface area contributed by atoms with E-state index in [0.29, 0.717) is 45.5 Å². The fraction of sp³-hybridized carbons (Fsp3) is 0.594. The summed E-state index contributed by atoms with van der Waals surface area (Å²) in [6.07, 6.45) is 10.7. The molecule has 202 valence electrons. The quantitative estimate of drug-likeness (QED) is 0.482. The molecule has 1 aromatic rings. The highest BCUT2D eigenvalue weighted by Crippen LogP contribution is 2.69. The number of aliphatic hydroxyl groups is 1. The van der Waals surface area contributed by atoms with Crippen LogP contribution in [0.2, 0.25) is 0 Å². The lowest BCUT2D eigenvalue weighted by Crippen LogP contribution is -2.59. The number of fused-ring (bicyclic) bond motifs is 4. The van der Waals surface area contributed by atoms with Gasteiger partial charge in [0.15, 0.2) is 5.78 Å². The van der Waals surface area contributed by atoms with Gasteiger partial charge < -0.3 is 14.6 Å². The fourth-order valence-electron chi connectivity index (χ4n) is 8.19. The average Bonchev–Trinajstić information content (AvgIpc) is 3.17. The van der Waals surface area contributed by atoms with Gasteiger partial charge in [-0.25, -0.2) is 0 Å². The molecular formula is C32H36F2O4. The van der Waals surface area contributed by atoms with Crippen LogP contribution in [-0.2, 0) is 9.53 Å². The third-order valence-electron chi connectivity index (χ3n) is 10.4. The van der Waals surface area contributed by atoms with E-state index >= 15 is 8.78 Å². The first kappa shape index (κ1) is 25.8. The number of terminal acetylenes is 1. The van der Waals surface area contributed by atoms with E-state index in [9.17, 15) is 9.90 Å². The number of hydrogen-bond donors (Lipinski definition) is 1. The maximum atomic E-state index is 15.2. The van der Waals surface area contributed by atoms with E-state index in [2.05, 4.69) is 6.92 Å². The predicted molar refractivity (Wildman–Crippen MR) is 140 cm³/mol. The summed E-state index contributed by atoms with van der Waals surface area (Å²) >= 11 is 0.